The fourth-order valence-corrected chi connectivity index (χ4v) is 4.91. The molecule has 0 heterocycles. The van der Waals surface area contributed by atoms with Gasteiger partial charge in [0.2, 0.25) is 0 Å². The summed E-state index contributed by atoms with van der Waals surface area (Å²) in [4.78, 5) is 9.63. The zero-order valence-electron chi connectivity index (χ0n) is 30.1. The molecule has 254 valence electrons. The normalized spacial score (nSPS) is 11.8. The second-order valence-electron chi connectivity index (χ2n) is 12.4. The van der Waals surface area contributed by atoms with Crippen LogP contribution in [0.15, 0.2) is 71.7 Å². The molecule has 0 amide bonds. The van der Waals surface area contributed by atoms with Crippen LogP contribution in [-0.2, 0) is 10.2 Å². The monoisotopic (exact) mass is 632 g/mol. The van der Waals surface area contributed by atoms with Crippen LogP contribution in [0.25, 0.3) is 0 Å². The molecule has 2 N–H and O–H groups in total. The topological polar surface area (TPSA) is 72.5 Å². The molecule has 0 spiro atoms. The summed E-state index contributed by atoms with van der Waals surface area (Å²) in [5.41, 5.74) is 10.8. The minimum atomic E-state index is 0.120. The Morgan fingerprint density at radius 1 is 0.739 bits per heavy atom. The smallest absolute Gasteiger partial charge is 0.147 e. The lowest BCUT2D eigenvalue weighted by molar-refractivity contribution is 0.175. The average Bonchev–Trinajstić information content (AvgIpc) is 3.05. The van der Waals surface area contributed by atoms with Crippen LogP contribution in [0.3, 0.4) is 0 Å². The van der Waals surface area contributed by atoms with E-state index in [1.54, 1.807) is 7.11 Å². The number of para-hydroxylation sites is 1. The van der Waals surface area contributed by atoms with Gasteiger partial charge in [0.25, 0.3) is 0 Å². The molecule has 46 heavy (non-hydrogen) atoms. The zero-order chi connectivity index (χ0) is 34.0. The summed E-state index contributed by atoms with van der Waals surface area (Å²) in [7, 11) is 1.75. The fourth-order valence-electron chi connectivity index (χ4n) is 4.91. The molecule has 0 bridgehead atoms. The van der Waals surface area contributed by atoms with E-state index < -0.39 is 0 Å². The van der Waals surface area contributed by atoms with Crippen LogP contribution in [0.4, 0.5) is 11.4 Å². The molecule has 0 aliphatic heterocycles. The number of nitrogens with zero attached hydrogens (tertiary/aromatic N) is 3. The van der Waals surface area contributed by atoms with Crippen molar-refractivity contribution in [2.75, 3.05) is 65.3 Å². The Hall–Kier alpha value is -3.39. The minimum Gasteiger partial charge on any atom is -0.491 e. The maximum Gasteiger partial charge on any atom is 0.147 e. The Bertz CT molecular complexity index is 1280. The highest BCUT2D eigenvalue weighted by molar-refractivity contribution is 6.01. The van der Waals surface area contributed by atoms with Gasteiger partial charge in [-0.25, -0.2) is 4.99 Å². The number of hydrogen-bond donors (Lipinski definition) is 1. The molecule has 0 atom stereocenters. The van der Waals surface area contributed by atoms with Crippen LogP contribution in [0.2, 0.25) is 0 Å². The molecule has 7 heteroatoms. The van der Waals surface area contributed by atoms with Gasteiger partial charge in [0.05, 0.1) is 12.3 Å². The Morgan fingerprint density at radius 3 is 1.76 bits per heavy atom. The lowest BCUT2D eigenvalue weighted by atomic mass is 9.87. The molecule has 0 saturated heterocycles. The van der Waals surface area contributed by atoms with Crippen molar-refractivity contribution in [3.05, 3.63) is 77.9 Å². The van der Waals surface area contributed by atoms with Crippen molar-refractivity contribution in [2.45, 2.75) is 73.6 Å². The predicted molar refractivity (Wildman–Crippen MR) is 197 cm³/mol. The number of benzene rings is 3. The lowest BCUT2D eigenvalue weighted by Crippen LogP contribution is -2.25. The third-order valence-corrected chi connectivity index (χ3v) is 8.03. The zero-order valence-corrected chi connectivity index (χ0v) is 30.1. The Morgan fingerprint density at radius 2 is 1.26 bits per heavy atom. The summed E-state index contributed by atoms with van der Waals surface area (Å²) < 4.78 is 17.1. The molecule has 0 fully saturated rings. The Balaban J connectivity index is 0.000000634. The van der Waals surface area contributed by atoms with Crippen LogP contribution in [-0.4, -0.2) is 75.1 Å². The van der Waals surface area contributed by atoms with Gasteiger partial charge in [-0.05, 0) is 111 Å². The van der Waals surface area contributed by atoms with Gasteiger partial charge in [-0.1, -0.05) is 66.7 Å². The molecule has 3 rings (SSSR count). The van der Waals surface area contributed by atoms with E-state index in [0.717, 1.165) is 74.9 Å². The second kappa shape index (κ2) is 20.7. The SMILES string of the molecule is CCN(CC)CCCOC.CCN(CC)CCCOc1cccc(N)c1N=C(C)c1ccc(Oc2ccc(C(C)(C)C)cc2)cc1. The van der Waals surface area contributed by atoms with Gasteiger partial charge in [0, 0.05) is 32.5 Å². The first kappa shape index (κ1) is 38.8. The lowest BCUT2D eigenvalue weighted by Gasteiger charge is -2.19. The number of nitrogen functional groups attached to an aromatic ring is 1. The van der Waals surface area contributed by atoms with Gasteiger partial charge in [-0.3, -0.25) is 0 Å². The van der Waals surface area contributed by atoms with Gasteiger partial charge >= 0.3 is 0 Å². The first-order valence-corrected chi connectivity index (χ1v) is 16.9. The quantitative estimate of drug-likeness (QED) is 0.0910. The molecule has 0 saturated carbocycles. The molecule has 7 nitrogen and oxygen atoms in total. The summed E-state index contributed by atoms with van der Waals surface area (Å²) in [6.07, 6.45) is 2.11. The molecule has 0 aromatic heterocycles. The third kappa shape index (κ3) is 13.5. The number of aliphatic imine (C=N–C) groups is 1. The third-order valence-electron chi connectivity index (χ3n) is 8.03. The number of ether oxygens (including phenoxy) is 3. The van der Waals surface area contributed by atoms with Gasteiger partial charge < -0.3 is 29.7 Å². The van der Waals surface area contributed by atoms with Crippen LogP contribution in [0, 0.1) is 0 Å². The van der Waals surface area contributed by atoms with Crippen LogP contribution >= 0.6 is 0 Å². The van der Waals surface area contributed by atoms with E-state index in [9.17, 15) is 0 Å². The maximum absolute atomic E-state index is 6.28. The second-order valence-corrected chi connectivity index (χ2v) is 12.4. The summed E-state index contributed by atoms with van der Waals surface area (Å²) in [5, 5.41) is 0. The molecule has 3 aromatic rings. The highest BCUT2D eigenvalue weighted by Crippen LogP contribution is 2.34. The van der Waals surface area contributed by atoms with Crippen molar-refractivity contribution >= 4 is 17.1 Å². The molecule has 0 unspecified atom stereocenters. The Labute approximate surface area is 279 Å². The highest BCUT2D eigenvalue weighted by Gasteiger charge is 2.13. The van der Waals surface area contributed by atoms with Crippen molar-refractivity contribution in [1.82, 2.24) is 9.80 Å². The van der Waals surface area contributed by atoms with E-state index in [4.69, 9.17) is 24.9 Å². The first-order valence-electron chi connectivity index (χ1n) is 16.9. The van der Waals surface area contributed by atoms with Crippen LogP contribution in [0.1, 0.15) is 79.4 Å². The first-order chi connectivity index (χ1) is 22.1. The highest BCUT2D eigenvalue weighted by atomic mass is 16.5. The minimum absolute atomic E-state index is 0.120. The average molecular weight is 633 g/mol. The molecule has 3 aromatic carbocycles. The number of nitrogens with two attached hydrogens (primary N) is 1. The number of anilines is 1. The van der Waals surface area contributed by atoms with E-state index in [1.165, 1.54) is 12.1 Å². The number of rotatable bonds is 17. The van der Waals surface area contributed by atoms with E-state index in [2.05, 4.69) is 70.4 Å². The van der Waals surface area contributed by atoms with Crippen LogP contribution < -0.4 is 15.2 Å². The van der Waals surface area contributed by atoms with Crippen molar-refractivity contribution in [3.63, 3.8) is 0 Å². The Kier molecular flexibility index (Phi) is 17.4. The molecular weight excluding hydrogens is 572 g/mol. The largest absolute Gasteiger partial charge is 0.491 e. The van der Waals surface area contributed by atoms with Gasteiger partial charge in [0.15, 0.2) is 0 Å². The standard InChI is InChI=1S/C31H41N3O2.C8H19NO/c1-7-34(8-2)21-10-22-35-29-12-9-11-28(32)30(29)33-23(3)24-13-17-26(18-14-24)36-27-19-15-25(16-20-27)31(4,5)6;1-4-9(5-2)7-6-8-10-3/h9,11-20H,7-8,10,21-22,32H2,1-6H3;4-8H2,1-3H3. The van der Waals surface area contributed by atoms with Crippen molar-refractivity contribution < 1.29 is 14.2 Å². The van der Waals surface area contributed by atoms with Crippen molar-refractivity contribution in [3.8, 4) is 17.2 Å². The van der Waals surface area contributed by atoms with E-state index in [1.807, 2.05) is 61.5 Å². The molecule has 0 radical (unpaired) electrons. The van der Waals surface area contributed by atoms with Gasteiger partial charge in [-0.2, -0.15) is 0 Å². The summed E-state index contributed by atoms with van der Waals surface area (Å²) in [5.74, 6) is 2.32. The predicted octanol–water partition coefficient (Wildman–Crippen LogP) is 8.97. The van der Waals surface area contributed by atoms with E-state index in [0.29, 0.717) is 23.7 Å². The molecular formula is C39H60N4O3. The fraction of sp³-hybridized carbons (Fsp3) is 0.513. The van der Waals surface area contributed by atoms with E-state index >= 15 is 0 Å². The number of methoxy groups -OCH3 is 1. The summed E-state index contributed by atoms with van der Waals surface area (Å²) in [6, 6.07) is 21.9. The van der Waals surface area contributed by atoms with E-state index in [-0.39, 0.29) is 5.41 Å². The summed E-state index contributed by atoms with van der Waals surface area (Å²) >= 11 is 0. The maximum atomic E-state index is 6.28. The molecule has 0 aliphatic carbocycles. The van der Waals surface area contributed by atoms with Crippen LogP contribution in [0.5, 0.6) is 17.2 Å². The summed E-state index contributed by atoms with van der Waals surface area (Å²) in [6.45, 7) is 25.5. The van der Waals surface area contributed by atoms with Gasteiger partial charge in [0.1, 0.15) is 22.9 Å². The number of hydrogen-bond acceptors (Lipinski definition) is 7. The van der Waals surface area contributed by atoms with Crippen molar-refractivity contribution in [1.29, 1.82) is 0 Å². The molecule has 0 aliphatic rings. The van der Waals surface area contributed by atoms with Gasteiger partial charge in [-0.15, -0.1) is 0 Å². The van der Waals surface area contributed by atoms with Crippen molar-refractivity contribution in [2.24, 2.45) is 4.99 Å².